The number of carbonyl (C=O) groups excluding carboxylic acids is 1. The third kappa shape index (κ3) is 4.60. The molecule has 0 amide bonds. The molecule has 114 valence electrons. The molecule has 1 aromatic carbocycles. The van der Waals surface area contributed by atoms with E-state index in [0.717, 1.165) is 11.3 Å². The number of carboxylic acids is 1. The molecule has 0 saturated heterocycles. The molecule has 1 aromatic rings. The summed E-state index contributed by atoms with van der Waals surface area (Å²) in [4.78, 5) is 22.2. The van der Waals surface area contributed by atoms with Crippen LogP contribution in [0, 0.1) is 0 Å². The van der Waals surface area contributed by atoms with E-state index in [1.807, 2.05) is 0 Å². The second-order valence-electron chi connectivity index (χ2n) is 4.86. The van der Waals surface area contributed by atoms with E-state index in [0.29, 0.717) is 18.5 Å². The molecule has 0 aromatic heterocycles. The van der Waals surface area contributed by atoms with Crippen LogP contribution in [0.5, 0.6) is 0 Å². The molecule has 0 spiro atoms. The summed E-state index contributed by atoms with van der Waals surface area (Å²) in [7, 11) is 0. The zero-order valence-corrected chi connectivity index (χ0v) is 13.3. The second-order valence-corrected chi connectivity index (χ2v) is 5.27. The number of carboxylic acid groups (broad SMARTS) is 1. The molecule has 0 unspecified atom stereocenters. The van der Waals surface area contributed by atoms with Crippen LogP contribution in [-0.4, -0.2) is 16.9 Å². The van der Waals surface area contributed by atoms with Crippen LogP contribution in [0.25, 0.3) is 0 Å². The van der Waals surface area contributed by atoms with Gasteiger partial charge in [0.2, 0.25) is 0 Å². The topological polar surface area (TPSA) is 66.4 Å². The number of rotatable bonds is 3. The zero-order valence-electron chi connectivity index (χ0n) is 12.5. The standard InChI is InChI=1S/C13H12ClNO3.C3H8/c1-7-11(4-5-12(7)16)15-8-2-3-9(13(17)18)10(14)6-8;1-3-2/h2-3,6,15H,4-5H2,1H3,(H,17,18);3H2,1-2H3. The highest BCUT2D eigenvalue weighted by atomic mass is 35.5. The Morgan fingerprint density at radius 3 is 2.38 bits per heavy atom. The lowest BCUT2D eigenvalue weighted by Gasteiger charge is -2.09. The number of benzene rings is 1. The van der Waals surface area contributed by atoms with Crippen molar-refractivity contribution in [2.75, 3.05) is 5.32 Å². The Hall–Kier alpha value is -1.81. The molecular weight excluding hydrogens is 290 g/mol. The normalized spacial score (nSPS) is 13.8. The maximum absolute atomic E-state index is 11.4. The first-order valence-corrected chi connectivity index (χ1v) is 7.31. The molecule has 0 aliphatic heterocycles. The number of anilines is 1. The summed E-state index contributed by atoms with van der Waals surface area (Å²) in [6.45, 7) is 6.03. The molecule has 1 aliphatic carbocycles. The highest BCUT2D eigenvalue weighted by Crippen LogP contribution is 2.27. The summed E-state index contributed by atoms with van der Waals surface area (Å²) < 4.78 is 0. The van der Waals surface area contributed by atoms with E-state index < -0.39 is 5.97 Å². The Morgan fingerprint density at radius 2 is 1.95 bits per heavy atom. The first kappa shape index (κ1) is 17.2. The van der Waals surface area contributed by atoms with E-state index >= 15 is 0 Å². The minimum absolute atomic E-state index is 0.0652. The molecule has 21 heavy (non-hydrogen) atoms. The molecule has 2 rings (SSSR count). The van der Waals surface area contributed by atoms with Gasteiger partial charge in [-0.05, 0) is 31.5 Å². The summed E-state index contributed by atoms with van der Waals surface area (Å²) in [5.74, 6) is -0.913. The van der Waals surface area contributed by atoms with Gasteiger partial charge in [-0.2, -0.15) is 0 Å². The van der Waals surface area contributed by atoms with Gasteiger partial charge < -0.3 is 10.4 Å². The van der Waals surface area contributed by atoms with Gasteiger partial charge in [0.1, 0.15) is 0 Å². The molecule has 1 aliphatic rings. The number of Topliss-reactive ketones (excluding diaryl/α,β-unsaturated/α-hetero) is 1. The van der Waals surface area contributed by atoms with Crippen molar-refractivity contribution in [2.24, 2.45) is 0 Å². The first-order chi connectivity index (χ1) is 9.90. The van der Waals surface area contributed by atoms with Gasteiger partial charge in [-0.3, -0.25) is 4.79 Å². The Bertz CT molecular complexity index is 579. The molecule has 5 heteroatoms. The average Bonchev–Trinajstić information content (AvgIpc) is 2.71. The fraction of sp³-hybridized carbons (Fsp3) is 0.375. The van der Waals surface area contributed by atoms with Crippen LogP contribution in [0.15, 0.2) is 29.5 Å². The Balaban J connectivity index is 0.000000677. The number of nitrogens with one attached hydrogen (secondary N) is 1. The number of halogens is 1. The van der Waals surface area contributed by atoms with Crippen LogP contribution < -0.4 is 5.32 Å². The number of hydrogen-bond acceptors (Lipinski definition) is 3. The van der Waals surface area contributed by atoms with Crippen molar-refractivity contribution in [1.29, 1.82) is 0 Å². The van der Waals surface area contributed by atoms with E-state index in [9.17, 15) is 9.59 Å². The van der Waals surface area contributed by atoms with Crippen LogP contribution >= 0.6 is 11.6 Å². The van der Waals surface area contributed by atoms with Crippen LogP contribution in [0.1, 0.15) is 50.4 Å². The maximum Gasteiger partial charge on any atom is 0.337 e. The largest absolute Gasteiger partial charge is 0.478 e. The van der Waals surface area contributed by atoms with Crippen LogP contribution in [-0.2, 0) is 4.79 Å². The fourth-order valence-electron chi connectivity index (χ4n) is 1.88. The third-order valence-electron chi connectivity index (χ3n) is 2.97. The average molecular weight is 310 g/mol. The van der Waals surface area contributed by atoms with Crippen LogP contribution in [0.2, 0.25) is 5.02 Å². The van der Waals surface area contributed by atoms with Gasteiger partial charge in [0.25, 0.3) is 0 Å². The summed E-state index contributed by atoms with van der Waals surface area (Å²) in [6, 6.07) is 4.63. The van der Waals surface area contributed by atoms with Gasteiger partial charge in [-0.25, -0.2) is 4.79 Å². The smallest absolute Gasteiger partial charge is 0.337 e. The Kier molecular flexibility index (Phi) is 6.43. The van der Waals surface area contributed by atoms with Gasteiger partial charge in [-0.15, -0.1) is 0 Å². The van der Waals surface area contributed by atoms with E-state index in [4.69, 9.17) is 16.7 Å². The van der Waals surface area contributed by atoms with Crippen molar-refractivity contribution in [3.8, 4) is 0 Å². The molecule has 0 bridgehead atoms. The summed E-state index contributed by atoms with van der Waals surface area (Å²) in [6.07, 6.45) is 2.46. The first-order valence-electron chi connectivity index (χ1n) is 6.93. The number of ketones is 1. The van der Waals surface area contributed by atoms with E-state index in [1.165, 1.54) is 12.5 Å². The quantitative estimate of drug-likeness (QED) is 0.862. The van der Waals surface area contributed by atoms with E-state index in [1.54, 1.807) is 19.1 Å². The molecule has 4 nitrogen and oxygen atoms in total. The van der Waals surface area contributed by atoms with Gasteiger partial charge in [0.05, 0.1) is 10.6 Å². The summed E-state index contributed by atoms with van der Waals surface area (Å²) in [5.41, 5.74) is 2.36. The monoisotopic (exact) mass is 309 g/mol. The highest BCUT2D eigenvalue weighted by Gasteiger charge is 2.19. The Labute approximate surface area is 129 Å². The fourth-order valence-corrected chi connectivity index (χ4v) is 2.14. The van der Waals surface area contributed by atoms with Gasteiger partial charge in [0.15, 0.2) is 5.78 Å². The van der Waals surface area contributed by atoms with Crippen molar-refractivity contribution in [1.82, 2.24) is 0 Å². The third-order valence-corrected chi connectivity index (χ3v) is 3.28. The molecule has 2 N–H and O–H groups in total. The second kappa shape index (κ2) is 7.84. The summed E-state index contributed by atoms with van der Waals surface area (Å²) >= 11 is 5.87. The number of carbonyl (C=O) groups is 2. The van der Waals surface area contributed by atoms with Gasteiger partial charge in [-0.1, -0.05) is 31.9 Å². The molecule has 0 fully saturated rings. The molecule has 0 radical (unpaired) electrons. The van der Waals surface area contributed by atoms with Gasteiger partial charge >= 0.3 is 5.97 Å². The predicted octanol–water partition coefficient (Wildman–Crippen LogP) is 4.50. The lowest BCUT2D eigenvalue weighted by atomic mass is 10.2. The van der Waals surface area contributed by atoms with Crippen LogP contribution in [0.3, 0.4) is 0 Å². The molecule has 0 saturated carbocycles. The molecular formula is C16H20ClNO3. The number of allylic oxidation sites excluding steroid dienone is 2. The van der Waals surface area contributed by atoms with Crippen molar-refractivity contribution in [2.45, 2.75) is 40.0 Å². The Morgan fingerprint density at radius 1 is 1.33 bits per heavy atom. The van der Waals surface area contributed by atoms with Crippen molar-refractivity contribution < 1.29 is 14.7 Å². The SMILES string of the molecule is CC1=C(Nc2ccc(C(=O)O)c(Cl)c2)CCC1=O.CCC. The van der Waals surface area contributed by atoms with Crippen molar-refractivity contribution in [3.63, 3.8) is 0 Å². The molecule has 0 heterocycles. The number of hydrogen-bond donors (Lipinski definition) is 2. The van der Waals surface area contributed by atoms with Crippen LogP contribution in [0.4, 0.5) is 5.69 Å². The zero-order chi connectivity index (χ0) is 16.0. The number of aromatic carboxylic acids is 1. The lowest BCUT2D eigenvalue weighted by Crippen LogP contribution is -2.02. The minimum Gasteiger partial charge on any atom is -0.478 e. The highest BCUT2D eigenvalue weighted by molar-refractivity contribution is 6.33. The maximum atomic E-state index is 11.4. The van der Waals surface area contributed by atoms with Crippen molar-refractivity contribution >= 4 is 29.0 Å². The minimum atomic E-state index is -1.06. The van der Waals surface area contributed by atoms with E-state index in [-0.39, 0.29) is 16.4 Å². The lowest BCUT2D eigenvalue weighted by molar-refractivity contribution is -0.114. The van der Waals surface area contributed by atoms with E-state index in [2.05, 4.69) is 19.2 Å². The van der Waals surface area contributed by atoms with Crippen molar-refractivity contribution in [3.05, 3.63) is 40.1 Å². The predicted molar refractivity (Wildman–Crippen MR) is 84.9 cm³/mol. The molecule has 0 atom stereocenters. The van der Waals surface area contributed by atoms with Gasteiger partial charge in [0, 0.05) is 23.4 Å². The summed E-state index contributed by atoms with van der Waals surface area (Å²) in [5, 5.41) is 12.1.